The van der Waals surface area contributed by atoms with E-state index >= 15 is 0 Å². The normalized spacial score (nSPS) is 15.6. The highest BCUT2D eigenvalue weighted by atomic mass is 32.2. The van der Waals surface area contributed by atoms with E-state index in [4.69, 9.17) is 4.74 Å². The average Bonchev–Trinajstić information content (AvgIpc) is 2.63. The second kappa shape index (κ2) is 9.62. The van der Waals surface area contributed by atoms with Crippen LogP contribution in [0.1, 0.15) is 24.8 Å². The van der Waals surface area contributed by atoms with E-state index in [0.717, 1.165) is 30.6 Å². The minimum Gasteiger partial charge on any atom is -0.496 e. The maximum Gasteiger partial charge on any atom is 0.314 e. The minimum atomic E-state index is -3.28. The van der Waals surface area contributed by atoms with Crippen LogP contribution in [0, 0.1) is 0 Å². The fraction of sp³-hybridized carbons (Fsp3) is 0.588. The number of methoxy groups -OCH3 is 1. The summed E-state index contributed by atoms with van der Waals surface area (Å²) in [6, 6.07) is 7.28. The van der Waals surface area contributed by atoms with Crippen molar-refractivity contribution in [3.05, 3.63) is 29.8 Å². The van der Waals surface area contributed by atoms with Gasteiger partial charge in [-0.2, -0.15) is 0 Å². The van der Waals surface area contributed by atoms with Crippen LogP contribution >= 0.6 is 0 Å². The zero-order valence-electron chi connectivity index (χ0n) is 14.7. The number of nitrogens with zero attached hydrogens (tertiary/aromatic N) is 1. The zero-order chi connectivity index (χ0) is 18.1. The highest BCUT2D eigenvalue weighted by molar-refractivity contribution is 7.89. The topological polar surface area (TPSA) is 87.7 Å². The van der Waals surface area contributed by atoms with Crippen LogP contribution in [0.5, 0.6) is 5.75 Å². The van der Waals surface area contributed by atoms with E-state index in [1.807, 2.05) is 24.3 Å². The summed E-state index contributed by atoms with van der Waals surface area (Å²) < 4.78 is 31.1. The van der Waals surface area contributed by atoms with Crippen molar-refractivity contribution in [2.75, 3.05) is 39.0 Å². The lowest BCUT2D eigenvalue weighted by Crippen LogP contribution is -2.42. The Morgan fingerprint density at radius 3 is 2.52 bits per heavy atom. The Kier molecular flexibility index (Phi) is 7.52. The number of ether oxygens (including phenoxy) is 1. The first-order valence-electron chi connectivity index (χ1n) is 8.64. The molecule has 25 heavy (non-hydrogen) atoms. The van der Waals surface area contributed by atoms with E-state index in [2.05, 4.69) is 10.6 Å². The van der Waals surface area contributed by atoms with Gasteiger partial charge in [0.25, 0.3) is 0 Å². The maximum atomic E-state index is 12.2. The van der Waals surface area contributed by atoms with Crippen molar-refractivity contribution in [1.82, 2.24) is 14.9 Å². The third kappa shape index (κ3) is 6.21. The molecule has 1 aliphatic rings. The molecule has 1 saturated heterocycles. The molecule has 1 aromatic carbocycles. The molecule has 1 aromatic rings. The number of carbonyl (C=O) groups excluding carboxylic acids is 1. The van der Waals surface area contributed by atoms with E-state index in [1.54, 1.807) is 7.11 Å². The molecule has 0 atom stereocenters. The van der Waals surface area contributed by atoms with Crippen molar-refractivity contribution in [3.8, 4) is 5.75 Å². The molecule has 0 aliphatic carbocycles. The molecular formula is C17H27N3O4S. The van der Waals surface area contributed by atoms with Crippen molar-refractivity contribution >= 4 is 16.1 Å². The second-order valence-electron chi connectivity index (χ2n) is 6.02. The summed E-state index contributed by atoms with van der Waals surface area (Å²) in [5, 5.41) is 5.34. The number of amides is 2. The van der Waals surface area contributed by atoms with E-state index in [0.29, 0.717) is 26.1 Å². The zero-order valence-corrected chi connectivity index (χ0v) is 15.5. The molecule has 1 heterocycles. The van der Waals surface area contributed by atoms with E-state index in [-0.39, 0.29) is 18.3 Å². The summed E-state index contributed by atoms with van der Waals surface area (Å²) in [7, 11) is -1.66. The summed E-state index contributed by atoms with van der Waals surface area (Å²) in [6.45, 7) is 1.74. The van der Waals surface area contributed by atoms with Crippen LogP contribution in [0.2, 0.25) is 0 Å². The molecule has 0 bridgehead atoms. The van der Waals surface area contributed by atoms with Crippen LogP contribution in [0.25, 0.3) is 0 Å². The standard InChI is InChI=1S/C17H27N3O4S/c1-24-16-8-4-3-7-15(16)9-10-18-17(21)19-11-14-25(22,23)20-12-5-2-6-13-20/h3-4,7-8H,2,5-6,9-14H2,1H3,(H2,18,19,21). The van der Waals surface area contributed by atoms with Crippen LogP contribution in [0.3, 0.4) is 0 Å². The van der Waals surface area contributed by atoms with Gasteiger partial charge in [0.1, 0.15) is 5.75 Å². The lowest BCUT2D eigenvalue weighted by atomic mass is 10.1. The molecule has 0 spiro atoms. The van der Waals surface area contributed by atoms with Crippen LogP contribution < -0.4 is 15.4 Å². The van der Waals surface area contributed by atoms with Gasteiger partial charge >= 0.3 is 6.03 Å². The molecule has 1 fully saturated rings. The number of hydrogen-bond acceptors (Lipinski definition) is 4. The van der Waals surface area contributed by atoms with Crippen LogP contribution in [0.4, 0.5) is 4.79 Å². The van der Waals surface area contributed by atoms with Gasteiger partial charge in [0.15, 0.2) is 0 Å². The largest absolute Gasteiger partial charge is 0.496 e. The Morgan fingerprint density at radius 2 is 1.80 bits per heavy atom. The molecule has 140 valence electrons. The Labute approximate surface area is 149 Å². The first-order valence-corrected chi connectivity index (χ1v) is 10.3. The molecule has 7 nitrogen and oxygen atoms in total. The molecule has 1 aliphatic heterocycles. The molecule has 0 radical (unpaired) electrons. The minimum absolute atomic E-state index is 0.0626. The van der Waals surface area contributed by atoms with Crippen molar-refractivity contribution in [2.24, 2.45) is 0 Å². The number of para-hydroxylation sites is 1. The van der Waals surface area contributed by atoms with Crippen molar-refractivity contribution in [3.63, 3.8) is 0 Å². The second-order valence-corrected chi connectivity index (χ2v) is 8.11. The third-order valence-electron chi connectivity index (χ3n) is 4.23. The summed E-state index contributed by atoms with van der Waals surface area (Å²) in [5.41, 5.74) is 1.01. The predicted octanol–water partition coefficient (Wildman–Crippen LogP) is 1.35. The Bertz CT molecular complexity index is 658. The number of hydrogen-bond donors (Lipinski definition) is 2. The van der Waals surface area contributed by atoms with Gasteiger partial charge in [0.2, 0.25) is 10.0 Å². The molecule has 0 saturated carbocycles. The number of urea groups is 1. The molecule has 0 unspecified atom stereocenters. The number of piperidine rings is 1. The van der Waals surface area contributed by atoms with Gasteiger partial charge in [-0.1, -0.05) is 24.6 Å². The Balaban J connectivity index is 1.67. The monoisotopic (exact) mass is 369 g/mol. The van der Waals surface area contributed by atoms with Gasteiger partial charge in [-0.25, -0.2) is 17.5 Å². The van der Waals surface area contributed by atoms with Crippen LogP contribution in [-0.4, -0.2) is 57.8 Å². The van der Waals surface area contributed by atoms with Gasteiger partial charge in [0, 0.05) is 26.2 Å². The van der Waals surface area contributed by atoms with Gasteiger partial charge in [-0.05, 0) is 30.9 Å². The molecular weight excluding hydrogens is 342 g/mol. The fourth-order valence-electron chi connectivity index (χ4n) is 2.85. The molecule has 0 aromatic heterocycles. The average molecular weight is 369 g/mol. The van der Waals surface area contributed by atoms with Crippen molar-refractivity contribution < 1.29 is 17.9 Å². The van der Waals surface area contributed by atoms with Gasteiger partial charge < -0.3 is 15.4 Å². The Hall–Kier alpha value is -1.80. The van der Waals surface area contributed by atoms with E-state index in [9.17, 15) is 13.2 Å². The maximum absolute atomic E-state index is 12.2. The lowest BCUT2D eigenvalue weighted by Gasteiger charge is -2.25. The Morgan fingerprint density at radius 1 is 1.12 bits per heavy atom. The van der Waals surface area contributed by atoms with Crippen LogP contribution in [-0.2, 0) is 16.4 Å². The van der Waals surface area contributed by atoms with Crippen LogP contribution in [0.15, 0.2) is 24.3 Å². The van der Waals surface area contributed by atoms with E-state index < -0.39 is 10.0 Å². The first kappa shape index (κ1) is 19.5. The number of benzene rings is 1. The smallest absolute Gasteiger partial charge is 0.314 e. The summed E-state index contributed by atoms with van der Waals surface area (Å²) in [6.07, 6.45) is 3.55. The summed E-state index contributed by atoms with van der Waals surface area (Å²) in [5.74, 6) is 0.727. The van der Waals surface area contributed by atoms with Gasteiger partial charge in [-0.3, -0.25) is 0 Å². The van der Waals surface area contributed by atoms with E-state index in [1.165, 1.54) is 4.31 Å². The summed E-state index contributed by atoms with van der Waals surface area (Å²) in [4.78, 5) is 11.8. The predicted molar refractivity (Wildman–Crippen MR) is 97.3 cm³/mol. The van der Waals surface area contributed by atoms with Crippen molar-refractivity contribution in [1.29, 1.82) is 0 Å². The molecule has 8 heteroatoms. The number of carbonyl (C=O) groups is 1. The SMILES string of the molecule is COc1ccccc1CCNC(=O)NCCS(=O)(=O)N1CCCCC1. The number of rotatable bonds is 8. The quantitative estimate of drug-likeness (QED) is 0.724. The first-order chi connectivity index (χ1) is 12.0. The fourth-order valence-corrected chi connectivity index (χ4v) is 4.28. The summed E-state index contributed by atoms with van der Waals surface area (Å²) >= 11 is 0. The van der Waals surface area contributed by atoms with Crippen molar-refractivity contribution in [2.45, 2.75) is 25.7 Å². The number of nitrogens with one attached hydrogen (secondary N) is 2. The van der Waals surface area contributed by atoms with Gasteiger partial charge in [0.05, 0.1) is 12.9 Å². The highest BCUT2D eigenvalue weighted by Crippen LogP contribution is 2.17. The molecule has 2 amide bonds. The third-order valence-corrected chi connectivity index (χ3v) is 6.10. The molecule has 2 N–H and O–H groups in total. The molecule has 2 rings (SSSR count). The lowest BCUT2D eigenvalue weighted by molar-refractivity contribution is 0.241. The van der Waals surface area contributed by atoms with Gasteiger partial charge in [-0.15, -0.1) is 0 Å². The highest BCUT2D eigenvalue weighted by Gasteiger charge is 2.23. The number of sulfonamides is 1.